The second kappa shape index (κ2) is 5.45. The quantitative estimate of drug-likeness (QED) is 0.889. The molecular weight excluding hydrogens is 236 g/mol. The second-order valence-corrected chi connectivity index (χ2v) is 6.61. The van der Waals surface area contributed by atoms with E-state index in [2.05, 4.69) is 37.6 Å². The summed E-state index contributed by atoms with van der Waals surface area (Å²) in [4.78, 5) is 11.5. The highest BCUT2D eigenvalue weighted by atomic mass is 15.3. The lowest BCUT2D eigenvalue weighted by molar-refractivity contribution is 0.345. The second-order valence-electron chi connectivity index (χ2n) is 6.61. The molecule has 2 heterocycles. The Labute approximate surface area is 116 Å². The molecule has 0 spiro atoms. The summed E-state index contributed by atoms with van der Waals surface area (Å²) >= 11 is 0. The van der Waals surface area contributed by atoms with Gasteiger partial charge in [-0.2, -0.15) is 0 Å². The first-order chi connectivity index (χ1) is 8.93. The minimum absolute atomic E-state index is 0.0529. The molecule has 19 heavy (non-hydrogen) atoms. The molecule has 0 bridgehead atoms. The van der Waals surface area contributed by atoms with Gasteiger partial charge in [0.15, 0.2) is 0 Å². The highest BCUT2D eigenvalue weighted by Crippen LogP contribution is 2.27. The SMILES string of the molecule is CC1CCCN(c2nccc(C(C)(C)C)n2)C1CN. The Hall–Kier alpha value is -1.16. The van der Waals surface area contributed by atoms with Gasteiger partial charge in [-0.15, -0.1) is 0 Å². The summed E-state index contributed by atoms with van der Waals surface area (Å²) in [6, 6.07) is 2.37. The smallest absolute Gasteiger partial charge is 0.225 e. The maximum absolute atomic E-state index is 5.95. The van der Waals surface area contributed by atoms with Crippen LogP contribution in [0.15, 0.2) is 12.3 Å². The number of hydrogen-bond donors (Lipinski definition) is 1. The fraction of sp³-hybridized carbons (Fsp3) is 0.733. The third-order valence-corrected chi connectivity index (χ3v) is 4.03. The molecule has 1 fully saturated rings. The highest BCUT2D eigenvalue weighted by molar-refractivity contribution is 5.34. The van der Waals surface area contributed by atoms with E-state index >= 15 is 0 Å². The fourth-order valence-corrected chi connectivity index (χ4v) is 2.76. The molecule has 1 aliphatic rings. The normalized spacial score (nSPS) is 24.6. The number of rotatable bonds is 2. The van der Waals surface area contributed by atoms with Crippen molar-refractivity contribution < 1.29 is 0 Å². The van der Waals surface area contributed by atoms with Crippen LogP contribution in [0.3, 0.4) is 0 Å². The first-order valence-electron chi connectivity index (χ1n) is 7.23. The van der Waals surface area contributed by atoms with Crippen LogP contribution in [0.5, 0.6) is 0 Å². The van der Waals surface area contributed by atoms with Gasteiger partial charge >= 0.3 is 0 Å². The van der Waals surface area contributed by atoms with Crippen LogP contribution in [-0.4, -0.2) is 29.1 Å². The van der Waals surface area contributed by atoms with Crippen LogP contribution in [0.2, 0.25) is 0 Å². The molecular formula is C15H26N4. The summed E-state index contributed by atoms with van der Waals surface area (Å²) in [5.74, 6) is 1.45. The molecule has 0 aliphatic carbocycles. The number of anilines is 1. The molecule has 0 amide bonds. The van der Waals surface area contributed by atoms with Gasteiger partial charge in [-0.1, -0.05) is 27.7 Å². The van der Waals surface area contributed by atoms with E-state index < -0.39 is 0 Å². The van der Waals surface area contributed by atoms with E-state index in [4.69, 9.17) is 10.7 Å². The zero-order valence-electron chi connectivity index (χ0n) is 12.6. The molecule has 0 aromatic carbocycles. The fourth-order valence-electron chi connectivity index (χ4n) is 2.76. The number of nitrogens with two attached hydrogens (primary N) is 1. The molecule has 1 aliphatic heterocycles. The minimum atomic E-state index is 0.0529. The summed E-state index contributed by atoms with van der Waals surface area (Å²) in [6.07, 6.45) is 4.31. The predicted molar refractivity (Wildman–Crippen MR) is 79.3 cm³/mol. The molecule has 1 aromatic rings. The maximum atomic E-state index is 5.95. The van der Waals surface area contributed by atoms with Crippen molar-refractivity contribution in [3.05, 3.63) is 18.0 Å². The van der Waals surface area contributed by atoms with E-state index in [-0.39, 0.29) is 5.41 Å². The van der Waals surface area contributed by atoms with Crippen LogP contribution in [0, 0.1) is 5.92 Å². The van der Waals surface area contributed by atoms with Gasteiger partial charge in [0.05, 0.1) is 5.69 Å². The average Bonchev–Trinajstić information content (AvgIpc) is 2.37. The molecule has 1 aromatic heterocycles. The average molecular weight is 262 g/mol. The van der Waals surface area contributed by atoms with Gasteiger partial charge in [0.1, 0.15) is 0 Å². The van der Waals surface area contributed by atoms with Crippen LogP contribution >= 0.6 is 0 Å². The maximum Gasteiger partial charge on any atom is 0.225 e. The summed E-state index contributed by atoms with van der Waals surface area (Å²) in [5, 5.41) is 0. The van der Waals surface area contributed by atoms with Crippen molar-refractivity contribution in [1.82, 2.24) is 9.97 Å². The summed E-state index contributed by atoms with van der Waals surface area (Å²) in [7, 11) is 0. The van der Waals surface area contributed by atoms with Crippen molar-refractivity contribution in [2.75, 3.05) is 18.0 Å². The molecule has 2 rings (SSSR count). The number of piperidine rings is 1. The Balaban J connectivity index is 2.30. The first-order valence-corrected chi connectivity index (χ1v) is 7.23. The Bertz CT molecular complexity index is 424. The van der Waals surface area contributed by atoms with E-state index in [0.717, 1.165) is 18.2 Å². The van der Waals surface area contributed by atoms with Gasteiger partial charge in [-0.25, -0.2) is 9.97 Å². The van der Waals surface area contributed by atoms with Crippen LogP contribution in [0.1, 0.15) is 46.2 Å². The molecule has 106 valence electrons. The zero-order valence-corrected chi connectivity index (χ0v) is 12.6. The van der Waals surface area contributed by atoms with Gasteiger partial charge in [0.2, 0.25) is 5.95 Å². The largest absolute Gasteiger partial charge is 0.336 e. The van der Waals surface area contributed by atoms with Crippen molar-refractivity contribution in [1.29, 1.82) is 0 Å². The Morgan fingerprint density at radius 3 is 2.79 bits per heavy atom. The van der Waals surface area contributed by atoms with E-state index in [1.165, 1.54) is 12.8 Å². The predicted octanol–water partition coefficient (Wildman–Crippen LogP) is 2.34. The van der Waals surface area contributed by atoms with E-state index in [9.17, 15) is 0 Å². The van der Waals surface area contributed by atoms with Crippen LogP contribution in [0.4, 0.5) is 5.95 Å². The first kappa shape index (κ1) is 14.3. The van der Waals surface area contributed by atoms with Crippen molar-refractivity contribution in [3.8, 4) is 0 Å². The van der Waals surface area contributed by atoms with Crippen molar-refractivity contribution in [2.45, 2.75) is 52.0 Å². The van der Waals surface area contributed by atoms with Gasteiger partial charge < -0.3 is 10.6 Å². The van der Waals surface area contributed by atoms with Gasteiger partial charge in [0, 0.05) is 30.7 Å². The van der Waals surface area contributed by atoms with Crippen molar-refractivity contribution in [2.24, 2.45) is 11.7 Å². The lowest BCUT2D eigenvalue weighted by Gasteiger charge is -2.39. The molecule has 1 saturated heterocycles. The lowest BCUT2D eigenvalue weighted by Crippen LogP contribution is -2.49. The number of hydrogen-bond acceptors (Lipinski definition) is 4. The van der Waals surface area contributed by atoms with Crippen molar-refractivity contribution >= 4 is 5.95 Å². The minimum Gasteiger partial charge on any atom is -0.336 e. The standard InChI is InChI=1S/C15H26N4/c1-11-6-5-9-19(12(11)10-16)14-17-8-7-13(18-14)15(2,3)4/h7-8,11-12H,5-6,9-10,16H2,1-4H3. The third kappa shape index (κ3) is 3.06. The zero-order chi connectivity index (χ0) is 14.0. The van der Waals surface area contributed by atoms with E-state index in [0.29, 0.717) is 18.5 Å². The highest BCUT2D eigenvalue weighted by Gasteiger charge is 2.29. The lowest BCUT2D eigenvalue weighted by atomic mass is 9.90. The number of nitrogens with zero attached hydrogens (tertiary/aromatic N) is 3. The van der Waals surface area contributed by atoms with Crippen molar-refractivity contribution in [3.63, 3.8) is 0 Å². The number of aromatic nitrogens is 2. The third-order valence-electron chi connectivity index (χ3n) is 4.03. The summed E-state index contributed by atoms with van der Waals surface area (Å²) in [5.41, 5.74) is 7.09. The van der Waals surface area contributed by atoms with Gasteiger partial charge in [0.25, 0.3) is 0 Å². The Morgan fingerprint density at radius 2 is 2.16 bits per heavy atom. The molecule has 4 heteroatoms. The van der Waals surface area contributed by atoms with Crippen LogP contribution < -0.4 is 10.6 Å². The van der Waals surface area contributed by atoms with Crippen LogP contribution in [0.25, 0.3) is 0 Å². The molecule has 4 nitrogen and oxygen atoms in total. The molecule has 0 saturated carbocycles. The molecule has 0 radical (unpaired) electrons. The summed E-state index contributed by atoms with van der Waals surface area (Å²) < 4.78 is 0. The van der Waals surface area contributed by atoms with Gasteiger partial charge in [-0.3, -0.25) is 0 Å². The molecule has 2 unspecified atom stereocenters. The van der Waals surface area contributed by atoms with E-state index in [1.807, 2.05) is 12.3 Å². The van der Waals surface area contributed by atoms with E-state index in [1.54, 1.807) is 0 Å². The van der Waals surface area contributed by atoms with Crippen LogP contribution in [-0.2, 0) is 5.41 Å². The van der Waals surface area contributed by atoms with Gasteiger partial charge in [-0.05, 0) is 24.8 Å². The molecule has 2 N–H and O–H groups in total. The Morgan fingerprint density at radius 1 is 1.42 bits per heavy atom. The molecule has 2 atom stereocenters. The topological polar surface area (TPSA) is 55.0 Å². The summed E-state index contributed by atoms with van der Waals surface area (Å²) in [6.45, 7) is 10.5. The monoisotopic (exact) mass is 262 g/mol. The Kier molecular flexibility index (Phi) is 4.09.